The van der Waals surface area contributed by atoms with Crippen LogP contribution >= 0.6 is 11.6 Å². The zero-order chi connectivity index (χ0) is 37.5. The van der Waals surface area contributed by atoms with Crippen LogP contribution in [0.15, 0.2) is 22.7 Å². The van der Waals surface area contributed by atoms with Gasteiger partial charge in [0.2, 0.25) is 19.5 Å². The maximum atomic E-state index is 13.0. The second-order valence-electron chi connectivity index (χ2n) is 14.4. The van der Waals surface area contributed by atoms with E-state index in [1.807, 2.05) is 66.8 Å². The van der Waals surface area contributed by atoms with Crippen molar-refractivity contribution < 1.29 is 32.4 Å². The molecule has 4 rings (SSSR count). The molecule has 1 aromatic carbocycles. The molecule has 1 fully saturated rings. The normalized spacial score (nSPS) is 14.8. The highest BCUT2D eigenvalue weighted by molar-refractivity contribution is 6.31. The summed E-state index contributed by atoms with van der Waals surface area (Å²) in [6.45, 7) is 21.4. The summed E-state index contributed by atoms with van der Waals surface area (Å²) >= 11 is 6.74. The first-order valence-corrected chi connectivity index (χ1v) is 20.4. The topological polar surface area (TPSA) is 130 Å². The predicted molar refractivity (Wildman–Crippen MR) is 200 cm³/mol. The minimum atomic E-state index is -0.630. The van der Waals surface area contributed by atoms with E-state index >= 15 is 0 Å². The standard InChI is InChI=1S/C36H52ClN5O7Si2/c1-21-30(29-22(2)41-47-23(29)3)39-32(40-31(21)38-27-12-14-44-15-13-27)24-16-26(37)18-28(17-24)45-20-25(19-42(9)34(43)46-35(4,5)6)36(7,8)33(48-50-10)49-51-11/h16-18,25,27,33H,12-15,19-20H2,1-11H3,(H,38,39,40). The van der Waals surface area contributed by atoms with Gasteiger partial charge in [0.15, 0.2) is 5.82 Å². The largest absolute Gasteiger partial charge is 0.493 e. The highest BCUT2D eigenvalue weighted by Gasteiger charge is 2.40. The molecule has 3 aromatic rings. The molecule has 0 bridgehead atoms. The number of carbonyl (C=O) groups is 1. The molecule has 1 N–H and O–H groups in total. The number of rotatable bonds is 15. The van der Waals surface area contributed by atoms with E-state index in [9.17, 15) is 4.79 Å². The highest BCUT2D eigenvalue weighted by atomic mass is 35.5. The van der Waals surface area contributed by atoms with E-state index in [4.69, 9.17) is 49.2 Å². The van der Waals surface area contributed by atoms with Gasteiger partial charge in [0, 0.05) is 60.3 Å². The molecule has 0 spiro atoms. The Morgan fingerprint density at radius 3 is 2.31 bits per heavy atom. The summed E-state index contributed by atoms with van der Waals surface area (Å²) in [7, 11) is 2.17. The molecule has 1 saturated heterocycles. The van der Waals surface area contributed by atoms with Crippen LogP contribution in [0, 0.1) is 32.1 Å². The molecule has 4 radical (unpaired) electrons. The van der Waals surface area contributed by atoms with Crippen LogP contribution in [0.25, 0.3) is 22.6 Å². The van der Waals surface area contributed by atoms with Crippen LogP contribution in [0.4, 0.5) is 10.6 Å². The van der Waals surface area contributed by atoms with Gasteiger partial charge in [-0.05, 0) is 85.7 Å². The third kappa shape index (κ3) is 10.8. The lowest BCUT2D eigenvalue weighted by Crippen LogP contribution is -2.49. The zero-order valence-corrected chi connectivity index (χ0v) is 34.5. The number of anilines is 1. The van der Waals surface area contributed by atoms with E-state index in [2.05, 4.69) is 24.3 Å². The molecule has 1 unspecified atom stereocenters. The van der Waals surface area contributed by atoms with E-state index in [0.717, 1.165) is 41.2 Å². The van der Waals surface area contributed by atoms with E-state index in [0.29, 0.717) is 47.7 Å². The predicted octanol–water partition coefficient (Wildman–Crippen LogP) is 7.55. The number of halogens is 1. The third-order valence-electron chi connectivity index (χ3n) is 8.87. The van der Waals surface area contributed by atoms with Gasteiger partial charge in [-0.25, -0.2) is 14.8 Å². The van der Waals surface area contributed by atoms with Gasteiger partial charge in [-0.1, -0.05) is 30.6 Å². The van der Waals surface area contributed by atoms with Crippen LogP contribution in [-0.2, 0) is 18.3 Å². The number of carbonyl (C=O) groups excluding carboxylic acids is 1. The van der Waals surface area contributed by atoms with Crippen molar-refractivity contribution in [2.24, 2.45) is 11.3 Å². The molecule has 1 aliphatic heterocycles. The third-order valence-corrected chi connectivity index (χ3v) is 9.99. The first kappa shape index (κ1) is 40.7. The van der Waals surface area contributed by atoms with Crippen LogP contribution in [-0.4, -0.2) is 97.0 Å². The fraction of sp³-hybridized carbons (Fsp3) is 0.611. The van der Waals surface area contributed by atoms with Crippen LogP contribution < -0.4 is 10.1 Å². The van der Waals surface area contributed by atoms with Crippen LogP contribution in [0.3, 0.4) is 0 Å². The Morgan fingerprint density at radius 1 is 1.06 bits per heavy atom. The van der Waals surface area contributed by atoms with E-state index in [1.165, 1.54) is 0 Å². The number of nitrogens with zero attached hydrogens (tertiary/aromatic N) is 4. The van der Waals surface area contributed by atoms with Gasteiger partial charge in [-0.2, -0.15) is 0 Å². The second-order valence-corrected chi connectivity index (χ2v) is 16.2. The quantitative estimate of drug-likeness (QED) is 0.122. The molecule has 278 valence electrons. The number of hydrogen-bond acceptors (Lipinski definition) is 11. The lowest BCUT2D eigenvalue weighted by molar-refractivity contribution is -0.115. The number of aryl methyl sites for hydroxylation is 2. The summed E-state index contributed by atoms with van der Waals surface area (Å²) in [5.74, 6) is 2.20. The maximum Gasteiger partial charge on any atom is 0.410 e. The lowest BCUT2D eigenvalue weighted by Gasteiger charge is -2.41. The molecule has 1 aliphatic rings. The fourth-order valence-corrected chi connectivity index (χ4v) is 7.29. The fourth-order valence-electron chi connectivity index (χ4n) is 5.84. The minimum Gasteiger partial charge on any atom is -0.493 e. The van der Waals surface area contributed by atoms with Crippen molar-refractivity contribution in [2.45, 2.75) is 99.3 Å². The summed E-state index contributed by atoms with van der Waals surface area (Å²) in [5.41, 5.74) is 2.72. The molecule has 12 nitrogen and oxygen atoms in total. The van der Waals surface area contributed by atoms with Crippen molar-refractivity contribution in [2.75, 3.05) is 38.7 Å². The molecule has 3 heterocycles. The first-order valence-electron chi connectivity index (χ1n) is 17.2. The van der Waals surface area contributed by atoms with Crippen molar-refractivity contribution in [3.05, 3.63) is 40.2 Å². The van der Waals surface area contributed by atoms with E-state index in [-0.39, 0.29) is 38.1 Å². The summed E-state index contributed by atoms with van der Waals surface area (Å²) in [6.07, 6.45) is 0.829. The van der Waals surface area contributed by atoms with Crippen molar-refractivity contribution in [1.29, 1.82) is 0 Å². The molecular formula is C36H52ClN5O7Si2. The Morgan fingerprint density at radius 2 is 1.73 bits per heavy atom. The van der Waals surface area contributed by atoms with E-state index in [1.54, 1.807) is 18.0 Å². The van der Waals surface area contributed by atoms with Gasteiger partial charge in [0.25, 0.3) is 0 Å². The molecule has 15 heteroatoms. The Hall–Kier alpha value is -3.02. The van der Waals surface area contributed by atoms with Crippen molar-refractivity contribution in [1.82, 2.24) is 20.0 Å². The van der Waals surface area contributed by atoms with Gasteiger partial charge in [0.1, 0.15) is 29.2 Å². The Labute approximate surface area is 312 Å². The molecule has 0 aliphatic carbocycles. The van der Waals surface area contributed by atoms with Crippen LogP contribution in [0.2, 0.25) is 18.1 Å². The Bertz CT molecular complexity index is 1600. The van der Waals surface area contributed by atoms with Crippen molar-refractivity contribution >= 4 is 43.0 Å². The average Bonchev–Trinajstić information content (AvgIpc) is 3.40. The summed E-state index contributed by atoms with van der Waals surface area (Å²) in [4.78, 5) is 24.7. The molecular weight excluding hydrogens is 706 g/mol. The first-order chi connectivity index (χ1) is 24.0. The summed E-state index contributed by atoms with van der Waals surface area (Å²) < 4.78 is 35.5. The number of ether oxygens (including phenoxy) is 3. The minimum absolute atomic E-state index is 0.216. The summed E-state index contributed by atoms with van der Waals surface area (Å²) in [5, 5.41) is 8.31. The number of amides is 1. The zero-order valence-electron chi connectivity index (χ0n) is 31.7. The van der Waals surface area contributed by atoms with Gasteiger partial charge in [0.05, 0.1) is 23.6 Å². The Balaban J connectivity index is 1.70. The number of aromatic nitrogens is 3. The van der Waals surface area contributed by atoms with Gasteiger partial charge in [-0.15, -0.1) is 0 Å². The molecule has 1 amide bonds. The van der Waals surface area contributed by atoms with Crippen LogP contribution in [0.5, 0.6) is 5.75 Å². The number of benzene rings is 1. The van der Waals surface area contributed by atoms with Gasteiger partial charge < -0.3 is 37.8 Å². The summed E-state index contributed by atoms with van der Waals surface area (Å²) in [6, 6.07) is 5.70. The van der Waals surface area contributed by atoms with Gasteiger partial charge in [-0.3, -0.25) is 0 Å². The highest BCUT2D eigenvalue weighted by Crippen LogP contribution is 2.37. The average molecular weight is 758 g/mol. The van der Waals surface area contributed by atoms with Crippen molar-refractivity contribution in [3.8, 4) is 28.4 Å². The Kier molecular flexibility index (Phi) is 14.1. The smallest absolute Gasteiger partial charge is 0.410 e. The van der Waals surface area contributed by atoms with Gasteiger partial charge >= 0.3 is 6.09 Å². The number of hydrogen-bond donors (Lipinski definition) is 1. The lowest BCUT2D eigenvalue weighted by atomic mass is 9.78. The van der Waals surface area contributed by atoms with E-state index < -0.39 is 23.4 Å². The van der Waals surface area contributed by atoms with Crippen molar-refractivity contribution in [3.63, 3.8) is 0 Å². The molecule has 51 heavy (non-hydrogen) atoms. The number of nitrogens with one attached hydrogen (secondary N) is 1. The monoisotopic (exact) mass is 757 g/mol. The maximum absolute atomic E-state index is 13.0. The molecule has 1 atom stereocenters. The molecule has 2 aromatic heterocycles. The molecule has 0 saturated carbocycles. The van der Waals surface area contributed by atoms with Crippen LogP contribution in [0.1, 0.15) is 64.5 Å². The SMILES string of the molecule is C[Si]OC(O[Si]C)C(C)(C)C(COc1cc(Cl)cc(-c2nc(NC3CCOCC3)c(C)c(-c3c(C)noc3C)n2)c1)CN(C)C(=O)OC(C)(C)C. The second kappa shape index (κ2) is 17.7.